The number of carbonyl (C=O) groups excluding carboxylic acids is 1. The highest BCUT2D eigenvalue weighted by Gasteiger charge is 2.25. The number of nitrogens with one attached hydrogen (secondary N) is 1. The Morgan fingerprint density at radius 3 is 2.27 bits per heavy atom. The monoisotopic (exact) mass is 422 g/mol. The summed E-state index contributed by atoms with van der Waals surface area (Å²) in [6, 6.07) is 20.8. The molecule has 0 aromatic heterocycles. The molecule has 6 heteroatoms. The maximum Gasteiger partial charge on any atom is 0.264 e. The van der Waals surface area contributed by atoms with Crippen LogP contribution >= 0.6 is 0 Å². The van der Waals surface area contributed by atoms with Crippen molar-refractivity contribution in [1.82, 2.24) is 5.32 Å². The lowest BCUT2D eigenvalue weighted by molar-refractivity contribution is 0.0940. The largest absolute Gasteiger partial charge is 0.345 e. The third kappa shape index (κ3) is 4.39. The van der Waals surface area contributed by atoms with E-state index in [-0.39, 0.29) is 16.8 Å². The predicted molar refractivity (Wildman–Crippen MR) is 120 cm³/mol. The van der Waals surface area contributed by atoms with Crippen LogP contribution in [0.2, 0.25) is 0 Å². The second-order valence-electron chi connectivity index (χ2n) is 7.36. The van der Waals surface area contributed by atoms with Crippen LogP contribution in [0.1, 0.15) is 40.0 Å². The van der Waals surface area contributed by atoms with Gasteiger partial charge in [0, 0.05) is 7.05 Å². The minimum Gasteiger partial charge on any atom is -0.345 e. The van der Waals surface area contributed by atoms with E-state index >= 15 is 0 Å². The highest BCUT2D eigenvalue weighted by atomic mass is 32.2. The van der Waals surface area contributed by atoms with Crippen LogP contribution in [-0.4, -0.2) is 21.4 Å². The molecule has 0 aliphatic carbocycles. The van der Waals surface area contributed by atoms with E-state index < -0.39 is 10.0 Å². The molecule has 3 rings (SSSR count). The Bertz CT molecular complexity index is 1160. The summed E-state index contributed by atoms with van der Waals surface area (Å²) in [4.78, 5) is 13.3. The van der Waals surface area contributed by atoms with Crippen LogP contribution < -0.4 is 9.62 Å². The zero-order valence-corrected chi connectivity index (χ0v) is 18.4. The lowest BCUT2D eigenvalue weighted by Gasteiger charge is -2.23. The van der Waals surface area contributed by atoms with Crippen molar-refractivity contribution >= 4 is 21.6 Å². The number of anilines is 1. The van der Waals surface area contributed by atoms with E-state index in [2.05, 4.69) is 11.4 Å². The van der Waals surface area contributed by atoms with Gasteiger partial charge in [-0.15, -0.1) is 0 Å². The summed E-state index contributed by atoms with van der Waals surface area (Å²) in [6.45, 7) is 5.94. The van der Waals surface area contributed by atoms with Gasteiger partial charge >= 0.3 is 0 Å². The summed E-state index contributed by atoms with van der Waals surface area (Å²) >= 11 is 0. The molecule has 0 fully saturated rings. The number of hydrogen-bond donors (Lipinski definition) is 1. The molecular formula is C24H26N2O3S. The standard InChI is InChI=1S/C24H26N2O3S/c1-17-14-15-18(2)22(16-17)19(3)25-24(27)21-12-8-9-13-23(21)26(4)30(28,29)20-10-6-5-7-11-20/h5-16,19H,1-4H3,(H,25,27). The molecule has 3 aromatic rings. The van der Waals surface area contributed by atoms with Crippen LogP contribution in [0.5, 0.6) is 0 Å². The number of hydrogen-bond acceptors (Lipinski definition) is 3. The van der Waals surface area contributed by atoms with Gasteiger partial charge in [-0.25, -0.2) is 8.42 Å². The molecule has 3 aromatic carbocycles. The lowest BCUT2D eigenvalue weighted by Crippen LogP contribution is -2.32. The second kappa shape index (κ2) is 8.71. The van der Waals surface area contributed by atoms with Crippen LogP contribution in [0.3, 0.4) is 0 Å². The Morgan fingerprint density at radius 1 is 0.933 bits per heavy atom. The normalized spacial score (nSPS) is 12.3. The number of rotatable bonds is 6. The molecular weight excluding hydrogens is 396 g/mol. The van der Waals surface area contributed by atoms with Crippen molar-refractivity contribution in [3.63, 3.8) is 0 Å². The highest BCUT2D eigenvalue weighted by molar-refractivity contribution is 7.92. The van der Waals surface area contributed by atoms with Gasteiger partial charge in [-0.05, 0) is 56.2 Å². The minimum atomic E-state index is -3.79. The summed E-state index contributed by atoms with van der Waals surface area (Å²) in [7, 11) is -2.33. The fourth-order valence-electron chi connectivity index (χ4n) is 3.40. The number of benzene rings is 3. The summed E-state index contributed by atoms with van der Waals surface area (Å²) < 4.78 is 27.2. The summed E-state index contributed by atoms with van der Waals surface area (Å²) in [5.74, 6) is -0.325. The number of para-hydroxylation sites is 1. The predicted octanol–water partition coefficient (Wildman–Crippen LogP) is 4.62. The van der Waals surface area contributed by atoms with Gasteiger partial charge in [0.25, 0.3) is 15.9 Å². The average Bonchev–Trinajstić information content (AvgIpc) is 2.75. The Morgan fingerprint density at radius 2 is 1.57 bits per heavy atom. The van der Waals surface area contributed by atoms with Gasteiger partial charge in [0.05, 0.1) is 22.2 Å². The first-order valence-corrected chi connectivity index (χ1v) is 11.2. The fraction of sp³-hybridized carbons (Fsp3) is 0.208. The van der Waals surface area contributed by atoms with Gasteiger partial charge in [-0.2, -0.15) is 0 Å². The lowest BCUT2D eigenvalue weighted by atomic mass is 9.99. The van der Waals surface area contributed by atoms with Crippen molar-refractivity contribution in [2.45, 2.75) is 31.7 Å². The van der Waals surface area contributed by atoms with Crippen molar-refractivity contribution in [2.24, 2.45) is 0 Å². The van der Waals surface area contributed by atoms with E-state index in [0.29, 0.717) is 11.3 Å². The van der Waals surface area contributed by atoms with E-state index in [1.807, 2.05) is 32.9 Å². The number of aryl methyl sites for hydroxylation is 2. The zero-order chi connectivity index (χ0) is 21.9. The Kier molecular flexibility index (Phi) is 6.27. The molecule has 0 bridgehead atoms. The van der Waals surface area contributed by atoms with Gasteiger partial charge in [-0.3, -0.25) is 9.10 Å². The van der Waals surface area contributed by atoms with Crippen LogP contribution in [0.15, 0.2) is 77.7 Å². The van der Waals surface area contributed by atoms with Gasteiger partial charge in [0.2, 0.25) is 0 Å². The van der Waals surface area contributed by atoms with E-state index in [1.165, 1.54) is 19.2 Å². The van der Waals surface area contributed by atoms with Crippen molar-refractivity contribution in [3.05, 3.63) is 95.1 Å². The van der Waals surface area contributed by atoms with E-state index in [4.69, 9.17) is 0 Å². The Hall–Kier alpha value is -3.12. The van der Waals surface area contributed by atoms with Gasteiger partial charge in [-0.1, -0.05) is 54.1 Å². The molecule has 0 aliphatic heterocycles. The zero-order valence-electron chi connectivity index (χ0n) is 17.6. The van der Waals surface area contributed by atoms with Gasteiger partial charge in [0.15, 0.2) is 0 Å². The van der Waals surface area contributed by atoms with E-state index in [0.717, 1.165) is 21.0 Å². The summed E-state index contributed by atoms with van der Waals surface area (Å²) in [5.41, 5.74) is 3.87. The first-order valence-electron chi connectivity index (χ1n) is 9.73. The second-order valence-corrected chi connectivity index (χ2v) is 9.33. The van der Waals surface area contributed by atoms with Gasteiger partial charge < -0.3 is 5.32 Å². The topological polar surface area (TPSA) is 66.5 Å². The third-order valence-corrected chi connectivity index (χ3v) is 6.92. The first kappa shape index (κ1) is 21.6. The van der Waals surface area contributed by atoms with Crippen molar-refractivity contribution in [3.8, 4) is 0 Å². The SMILES string of the molecule is Cc1ccc(C)c(C(C)NC(=O)c2ccccc2N(C)S(=O)(=O)c2ccccc2)c1. The average molecular weight is 423 g/mol. The molecule has 1 amide bonds. The van der Waals surface area contributed by atoms with Crippen molar-refractivity contribution in [1.29, 1.82) is 0 Å². The molecule has 0 saturated heterocycles. The quantitative estimate of drug-likeness (QED) is 0.630. The van der Waals surface area contributed by atoms with E-state index in [1.54, 1.807) is 42.5 Å². The molecule has 0 radical (unpaired) electrons. The molecule has 0 saturated carbocycles. The molecule has 0 aliphatic rings. The van der Waals surface area contributed by atoms with Crippen LogP contribution in [0.25, 0.3) is 0 Å². The smallest absolute Gasteiger partial charge is 0.264 e. The number of amides is 1. The maximum atomic E-state index is 13.1. The van der Waals surface area contributed by atoms with Crippen LogP contribution in [-0.2, 0) is 10.0 Å². The van der Waals surface area contributed by atoms with Gasteiger partial charge in [0.1, 0.15) is 0 Å². The van der Waals surface area contributed by atoms with Crippen LogP contribution in [0, 0.1) is 13.8 Å². The molecule has 5 nitrogen and oxygen atoms in total. The molecule has 1 N–H and O–H groups in total. The van der Waals surface area contributed by atoms with Crippen molar-refractivity contribution < 1.29 is 13.2 Å². The van der Waals surface area contributed by atoms with Crippen LogP contribution in [0.4, 0.5) is 5.69 Å². The molecule has 0 spiro atoms. The number of sulfonamides is 1. The maximum absolute atomic E-state index is 13.1. The fourth-order valence-corrected chi connectivity index (χ4v) is 4.63. The molecule has 1 atom stereocenters. The number of nitrogens with zero attached hydrogens (tertiary/aromatic N) is 1. The molecule has 156 valence electrons. The third-order valence-electron chi connectivity index (χ3n) is 5.14. The minimum absolute atomic E-state index is 0.173. The molecule has 1 unspecified atom stereocenters. The number of carbonyl (C=O) groups is 1. The van der Waals surface area contributed by atoms with E-state index in [9.17, 15) is 13.2 Å². The Balaban J connectivity index is 1.91. The summed E-state index contributed by atoms with van der Waals surface area (Å²) in [6.07, 6.45) is 0. The molecule has 0 heterocycles. The highest BCUT2D eigenvalue weighted by Crippen LogP contribution is 2.27. The first-order chi connectivity index (χ1) is 14.2. The van der Waals surface area contributed by atoms with Crippen molar-refractivity contribution in [2.75, 3.05) is 11.4 Å². The Labute approximate surface area is 178 Å². The molecule has 30 heavy (non-hydrogen) atoms. The summed E-state index contributed by atoms with van der Waals surface area (Å²) in [5, 5.41) is 3.01.